The molecule has 2 aliphatic heterocycles. The van der Waals surface area contributed by atoms with E-state index in [1.807, 2.05) is 26.0 Å². The van der Waals surface area contributed by atoms with Crippen molar-refractivity contribution in [1.29, 1.82) is 0 Å². The van der Waals surface area contributed by atoms with Crippen LogP contribution in [0, 0.1) is 13.8 Å². The molecular formula is C99H130N8Na2O29S3. The summed E-state index contributed by atoms with van der Waals surface area (Å²) in [5.74, 6) is -6.13. The maximum absolute atomic E-state index is 13.2. The maximum atomic E-state index is 13.2. The molecule has 5 aromatic carbocycles. The first-order chi connectivity index (χ1) is 65.8. The van der Waals surface area contributed by atoms with Gasteiger partial charge in [-0.05, 0) is 205 Å². The average Bonchev–Trinajstić information content (AvgIpc) is 1.58. The Kier molecular flexibility index (Phi) is 52.3. The minimum Gasteiger partial charge on any atom is -0.744 e. The van der Waals surface area contributed by atoms with Gasteiger partial charge in [-0.3, -0.25) is 43.4 Å². The number of hydrogen-bond donors (Lipinski definition) is 11. The number of carbonyl (C=O) groups excluding carboxylic acids is 5. The van der Waals surface area contributed by atoms with Gasteiger partial charge in [0.15, 0.2) is 5.71 Å². The number of urea groups is 1. The number of Topliss-reactive ketones (excluding diaryl/α,β-unsaturated/α-hetero) is 2. The van der Waals surface area contributed by atoms with E-state index in [1.165, 1.54) is 63.9 Å². The van der Waals surface area contributed by atoms with Gasteiger partial charge in [-0.1, -0.05) is 81.1 Å². The number of allylic oxidation sites excluding steroid dienone is 7. The van der Waals surface area contributed by atoms with Gasteiger partial charge < -0.3 is 92.2 Å². The number of carboxylic acid groups (broad SMARTS) is 5. The number of carboxylic acids is 5. The third-order valence-electron chi connectivity index (χ3n) is 24.1. The van der Waals surface area contributed by atoms with Crippen LogP contribution in [0.3, 0.4) is 0 Å². The van der Waals surface area contributed by atoms with Gasteiger partial charge in [-0.2, -0.15) is 11.0 Å². The normalized spacial score (nSPS) is 14.7. The molecule has 8 rings (SSSR count). The van der Waals surface area contributed by atoms with Crippen molar-refractivity contribution < 1.29 is 200 Å². The zero-order chi connectivity index (χ0) is 102. The van der Waals surface area contributed by atoms with Crippen molar-refractivity contribution in [3.05, 3.63) is 190 Å². The van der Waals surface area contributed by atoms with Crippen LogP contribution in [0.15, 0.2) is 154 Å². The monoisotopic (exact) mass is 2040 g/mol. The number of unbranched alkanes of at least 4 members (excludes halogenated alkanes) is 7. The summed E-state index contributed by atoms with van der Waals surface area (Å²) in [5.41, 5.74) is 9.72. The van der Waals surface area contributed by atoms with Gasteiger partial charge in [0.05, 0.1) is 48.1 Å². The zero-order valence-electron chi connectivity index (χ0n) is 81.3. The van der Waals surface area contributed by atoms with Crippen LogP contribution in [0.5, 0.6) is 17.2 Å². The molecule has 3 aliphatic rings. The molecule has 2 heterocycles. The third-order valence-corrected chi connectivity index (χ3v) is 25.8. The molecule has 2 unspecified atom stereocenters. The average molecular weight is 2040 g/mol. The van der Waals surface area contributed by atoms with Gasteiger partial charge in [-0.25, -0.2) is 31.2 Å². The molecule has 2 atom stereocenters. The Hall–Kier alpha value is -9.89. The van der Waals surface area contributed by atoms with Crippen LogP contribution in [0.4, 0.5) is 16.2 Å². The van der Waals surface area contributed by atoms with Crippen molar-refractivity contribution in [2.24, 2.45) is 0 Å². The molecule has 760 valence electrons. The van der Waals surface area contributed by atoms with Gasteiger partial charge in [0, 0.05) is 149 Å². The summed E-state index contributed by atoms with van der Waals surface area (Å²) in [4.78, 5) is 127. The molecule has 5 aromatic rings. The van der Waals surface area contributed by atoms with Gasteiger partial charge in [0.25, 0.3) is 0 Å². The number of ketones is 2. The number of amides is 4. The topological polar surface area (TPSA) is 566 Å². The summed E-state index contributed by atoms with van der Waals surface area (Å²) in [7, 11) is -12.6. The first-order valence-electron chi connectivity index (χ1n) is 46.6. The molecule has 11 N–H and O–H groups in total. The number of ether oxygens (including phenoxy) is 3. The molecule has 141 heavy (non-hydrogen) atoms. The largest absolute Gasteiger partial charge is 1.00 e. The smallest absolute Gasteiger partial charge is 0.744 e. The van der Waals surface area contributed by atoms with Gasteiger partial charge in [0.2, 0.25) is 17.5 Å². The summed E-state index contributed by atoms with van der Waals surface area (Å²) in [6, 6.07) is 22.0. The van der Waals surface area contributed by atoms with Gasteiger partial charge in [-0.15, -0.1) is 12.6 Å². The number of phenols is 2. The number of carbonyl (C=O) groups is 10. The number of phenolic OH excluding ortho intramolecular Hbond substituents is 2. The van der Waals surface area contributed by atoms with Crippen LogP contribution in [0.1, 0.15) is 221 Å². The molecule has 42 heteroatoms. The van der Waals surface area contributed by atoms with E-state index in [1.54, 1.807) is 30.3 Å². The second kappa shape index (κ2) is 60.6. The Morgan fingerprint density at radius 3 is 1.67 bits per heavy atom. The Morgan fingerprint density at radius 2 is 1.09 bits per heavy atom. The second-order valence-electron chi connectivity index (χ2n) is 35.6. The molecule has 4 amide bonds. The Balaban J connectivity index is 0.00000572. The Morgan fingerprint density at radius 1 is 0.553 bits per heavy atom. The van der Waals surface area contributed by atoms with Crippen molar-refractivity contribution in [3.63, 3.8) is 0 Å². The van der Waals surface area contributed by atoms with Crippen LogP contribution < -0.4 is 90.0 Å². The van der Waals surface area contributed by atoms with E-state index >= 15 is 0 Å². The first kappa shape index (κ1) is 122. The van der Waals surface area contributed by atoms with Crippen LogP contribution in [-0.2, 0) is 120 Å². The van der Waals surface area contributed by atoms with E-state index in [9.17, 15) is 105 Å². The fourth-order valence-corrected chi connectivity index (χ4v) is 17.7. The van der Waals surface area contributed by atoms with E-state index in [-0.39, 0.29) is 200 Å². The Bertz CT molecular complexity index is 5670. The predicted octanol–water partition coefficient (Wildman–Crippen LogP) is 5.25. The van der Waals surface area contributed by atoms with Gasteiger partial charge in [0.1, 0.15) is 73.4 Å². The molecular weight excluding hydrogens is 1910 g/mol. The number of aromatic hydroxyl groups is 2. The minimum atomic E-state index is -4.81. The van der Waals surface area contributed by atoms with Crippen LogP contribution in [-0.4, -0.2) is 245 Å². The summed E-state index contributed by atoms with van der Waals surface area (Å²) < 4.78 is 119. The number of benzene rings is 5. The number of aliphatic carboxylic acids is 5. The van der Waals surface area contributed by atoms with Crippen LogP contribution in [0.25, 0.3) is 0 Å². The van der Waals surface area contributed by atoms with Crippen molar-refractivity contribution in [1.82, 2.24) is 31.1 Å². The first-order valence-corrected chi connectivity index (χ1v) is 50.4. The molecule has 0 fully saturated rings. The molecule has 0 aromatic heterocycles. The number of hydrogen-bond acceptors (Lipinski definition) is 27. The van der Waals surface area contributed by atoms with Crippen LogP contribution >= 0.6 is 0 Å². The summed E-state index contributed by atoms with van der Waals surface area (Å²) >= 11 is 0. The number of nitrogens with zero attached hydrogens (tertiary/aromatic N) is 4. The summed E-state index contributed by atoms with van der Waals surface area (Å²) in [6.45, 7) is 16.5. The van der Waals surface area contributed by atoms with Gasteiger partial charge >= 0.3 is 106 Å². The molecule has 0 bridgehead atoms. The summed E-state index contributed by atoms with van der Waals surface area (Å²) in [6.07, 6.45) is 18.9. The molecule has 0 saturated heterocycles. The standard InChI is InChI=1S/C99H132N8O26S2.2Na.O3S/c1-7-8-51-106-83-41-27-67(2)59-79(83)98(3,4)87(106)45-32-70-20-18-21-71(94(70)133-76-35-37-77(38-36-76)134(125,126)127)33-46-88-99(5,6)80-62-78(135(128,129)130)39-42-84(80)107(88)52-17-11-13-22-74(108)24-19-55-131-57-58-132-56-50-101-90(113)47-31-69-30-44-86(111)73(61-69)64-105(66-93(118)119)54-53-104(65-92(116)117)63-72-60-68(29-43-85(72)110)28-34-75(109)23-12-9-10-14-26-89(112)100-49-16-15-25-81(95(120)121)102-97(124)103-82(96(122)123)40-48-91(114)115;;;1-4(2)3/h27,29-30,32-33,35-39,41-46,59-62,81-82,110-111H,1,7-26,28,31,34,40,47-58,63-66H2,2-6H3,(H,100,112)(H,101,113)(H,114,115)(H,116,117)(H,118,119)(H,120,121)(H,122,123)(H2,102,103,124)(H,125,126,127)(H,128,129,130);;;/q;2*+1;/p-2. The fraction of sp³-hybridized carbons (Fsp3) is 0.495. The maximum Gasteiger partial charge on any atom is 1.00 e. The van der Waals surface area contributed by atoms with E-state index in [4.69, 9.17) is 31.9 Å². The second-order valence-corrected chi connectivity index (χ2v) is 38.8. The minimum absolute atomic E-state index is 0. The quantitative estimate of drug-likeness (QED) is 0.00778. The summed E-state index contributed by atoms with van der Waals surface area (Å²) in [5, 5.41) is 79.1. The fourth-order valence-electron chi connectivity index (χ4n) is 16.8. The number of fused-ring (bicyclic) bond motifs is 2. The zero-order valence-corrected chi connectivity index (χ0v) is 87.8. The van der Waals surface area contributed by atoms with Crippen LogP contribution in [0.2, 0.25) is 0 Å². The van der Waals surface area contributed by atoms with Crippen molar-refractivity contribution >= 4 is 107 Å². The van der Waals surface area contributed by atoms with E-state index in [0.29, 0.717) is 150 Å². The molecule has 37 nitrogen and oxygen atoms in total. The number of aryl methyl sites for hydroxylation is 3. The van der Waals surface area contributed by atoms with Crippen molar-refractivity contribution in [3.8, 4) is 17.2 Å². The van der Waals surface area contributed by atoms with Crippen molar-refractivity contribution in [2.45, 2.75) is 247 Å². The Labute approximate surface area is 869 Å². The molecule has 0 spiro atoms. The third kappa shape index (κ3) is 41.8. The van der Waals surface area contributed by atoms with E-state index in [2.05, 4.69) is 88.8 Å². The van der Waals surface area contributed by atoms with E-state index in [0.717, 1.165) is 70.9 Å². The SMILES string of the molecule is O=S(=O)=O.[CH2-]CCCN1/C(=C/C=C2\CCCC(/C=C/C3=[N+](CCCCCC(=O)CCCOCCOCCNC(=O)CCc4ccc(O)c(CN(CCN(CC(=O)O)Cc5cc(CCC(=O)CCCCCCC(=O)NCCCCC(NC(=O)NC(CCC(=O)O)C(=O)O)C(=O)O)ccc5O)CC(=O)O)c4)c4ccc(S(=O)(=O)[O-])cc4C3(C)C)=C2Oc2ccc(S(=O)(=O)[O-])cc2)C(C)(C)c2cc(C)ccc21.[Na+].[Na+]. The molecule has 0 radical (unpaired) electrons. The van der Waals surface area contributed by atoms with Crippen molar-refractivity contribution in [2.75, 3.05) is 83.7 Å². The number of anilines is 1. The number of nitrogens with one attached hydrogen (secondary N) is 4. The predicted molar refractivity (Wildman–Crippen MR) is 511 cm³/mol. The molecule has 0 saturated carbocycles. The molecule has 1 aliphatic carbocycles. The number of rotatable bonds is 62. The van der Waals surface area contributed by atoms with E-state index < -0.39 is 110 Å².